The van der Waals surface area contributed by atoms with Crippen LogP contribution in [0.5, 0.6) is 0 Å². The fourth-order valence-electron chi connectivity index (χ4n) is 3.15. The largest absolute Gasteiger partial charge is 0.367 e. The van der Waals surface area contributed by atoms with Gasteiger partial charge in [-0.15, -0.1) is 0 Å². The molecule has 0 aliphatic carbocycles. The first-order chi connectivity index (χ1) is 13.0. The summed E-state index contributed by atoms with van der Waals surface area (Å²) >= 11 is 1.39. The number of nitrogens with two attached hydrogens (primary N) is 1. The maximum Gasteiger partial charge on any atom is 0.240 e. The minimum Gasteiger partial charge on any atom is -0.367 e. The maximum absolute atomic E-state index is 11.8. The highest BCUT2D eigenvalue weighted by Gasteiger charge is 2.24. The van der Waals surface area contributed by atoms with Crippen molar-refractivity contribution in [3.8, 4) is 11.4 Å². The number of sulfonamides is 1. The van der Waals surface area contributed by atoms with Crippen LogP contribution in [0.3, 0.4) is 0 Å². The van der Waals surface area contributed by atoms with Gasteiger partial charge in [-0.2, -0.15) is 9.36 Å². The summed E-state index contributed by atoms with van der Waals surface area (Å²) in [7, 11) is -3.75. The van der Waals surface area contributed by atoms with Gasteiger partial charge in [-0.25, -0.2) is 13.6 Å². The lowest BCUT2D eigenvalue weighted by Crippen LogP contribution is -2.47. The van der Waals surface area contributed by atoms with Crippen molar-refractivity contribution in [2.75, 3.05) is 36.0 Å². The molecule has 4 rings (SSSR count). The minimum absolute atomic E-state index is 0.167. The normalized spacial score (nSPS) is 15.1. The molecule has 27 heavy (non-hydrogen) atoms. The molecule has 1 fully saturated rings. The van der Waals surface area contributed by atoms with Crippen molar-refractivity contribution in [1.82, 2.24) is 9.36 Å². The van der Waals surface area contributed by atoms with Crippen LogP contribution in [0.15, 0.2) is 59.5 Å². The molecule has 1 aromatic heterocycles. The fourth-order valence-corrected chi connectivity index (χ4v) is 4.64. The van der Waals surface area contributed by atoms with Crippen molar-refractivity contribution < 1.29 is 8.42 Å². The molecule has 1 aliphatic heterocycles. The van der Waals surface area contributed by atoms with Crippen LogP contribution in [0.2, 0.25) is 0 Å². The third kappa shape index (κ3) is 3.80. The van der Waals surface area contributed by atoms with E-state index in [2.05, 4.69) is 19.2 Å². The summed E-state index contributed by atoms with van der Waals surface area (Å²) in [5, 5.41) is 6.24. The zero-order chi connectivity index (χ0) is 18.9. The summed E-state index contributed by atoms with van der Waals surface area (Å²) in [5.74, 6) is 0.734. The maximum atomic E-state index is 11.8. The number of rotatable bonds is 4. The molecule has 2 N–H and O–H groups in total. The van der Waals surface area contributed by atoms with E-state index in [4.69, 9.17) is 5.14 Å². The molecule has 0 bridgehead atoms. The Balaban J connectivity index is 1.48. The van der Waals surface area contributed by atoms with E-state index in [1.165, 1.54) is 11.5 Å². The second-order valence-electron chi connectivity index (χ2n) is 6.25. The van der Waals surface area contributed by atoms with E-state index >= 15 is 0 Å². The number of hydrogen-bond acceptors (Lipinski definition) is 7. The van der Waals surface area contributed by atoms with Gasteiger partial charge < -0.3 is 9.80 Å². The second-order valence-corrected chi connectivity index (χ2v) is 8.51. The van der Waals surface area contributed by atoms with Crippen LogP contribution in [0.25, 0.3) is 11.4 Å². The molecule has 0 unspecified atom stereocenters. The van der Waals surface area contributed by atoms with Gasteiger partial charge in [-0.05, 0) is 12.1 Å². The molecule has 1 saturated heterocycles. The second kappa shape index (κ2) is 7.26. The van der Waals surface area contributed by atoms with Crippen LogP contribution >= 0.6 is 11.5 Å². The lowest BCUT2D eigenvalue weighted by atomic mass is 10.2. The van der Waals surface area contributed by atoms with Gasteiger partial charge in [0.2, 0.25) is 15.2 Å². The van der Waals surface area contributed by atoms with Crippen molar-refractivity contribution in [3.05, 3.63) is 54.6 Å². The highest BCUT2D eigenvalue weighted by Crippen LogP contribution is 2.28. The lowest BCUT2D eigenvalue weighted by molar-refractivity contribution is 0.595. The van der Waals surface area contributed by atoms with Gasteiger partial charge in [0.1, 0.15) is 4.90 Å². The molecule has 0 spiro atoms. The van der Waals surface area contributed by atoms with Gasteiger partial charge >= 0.3 is 0 Å². The topological polar surface area (TPSA) is 92.4 Å². The van der Waals surface area contributed by atoms with E-state index < -0.39 is 10.0 Å². The molecule has 0 atom stereocenters. The summed E-state index contributed by atoms with van der Waals surface area (Å²) < 4.78 is 28.2. The van der Waals surface area contributed by atoms with Crippen LogP contribution in [0.4, 0.5) is 10.8 Å². The van der Waals surface area contributed by atoms with E-state index in [0.717, 1.165) is 29.6 Å². The lowest BCUT2D eigenvalue weighted by Gasteiger charge is -2.36. The summed E-state index contributed by atoms with van der Waals surface area (Å²) in [5.41, 5.74) is 1.66. The molecule has 2 heterocycles. The molecule has 1 aliphatic rings. The third-order valence-corrected chi connectivity index (χ3v) is 6.25. The Hall–Kier alpha value is -2.49. The third-order valence-electron chi connectivity index (χ3n) is 4.51. The standard InChI is InChI=1S/C18H19N5O2S2/c19-27(24,25)16-9-5-4-8-15(16)22-10-12-23(13-11-22)18-20-17(21-26-18)14-6-2-1-3-7-14/h1-9H,10-13H2,(H2,19,24,25). The molecule has 7 nitrogen and oxygen atoms in total. The number of piperazine rings is 1. The Morgan fingerprint density at radius 1 is 0.889 bits per heavy atom. The number of benzene rings is 2. The van der Waals surface area contributed by atoms with E-state index in [-0.39, 0.29) is 4.90 Å². The molecule has 0 amide bonds. The number of aromatic nitrogens is 2. The van der Waals surface area contributed by atoms with Crippen LogP contribution in [-0.2, 0) is 10.0 Å². The van der Waals surface area contributed by atoms with Gasteiger partial charge in [0.25, 0.3) is 0 Å². The van der Waals surface area contributed by atoms with Crippen molar-refractivity contribution in [1.29, 1.82) is 0 Å². The van der Waals surface area contributed by atoms with Crippen LogP contribution in [-0.4, -0.2) is 44.0 Å². The Morgan fingerprint density at radius 2 is 1.52 bits per heavy atom. The Labute approximate surface area is 162 Å². The van der Waals surface area contributed by atoms with Gasteiger partial charge in [0.05, 0.1) is 5.69 Å². The molecular weight excluding hydrogens is 382 g/mol. The number of para-hydroxylation sites is 1. The van der Waals surface area contributed by atoms with Crippen molar-refractivity contribution >= 4 is 32.4 Å². The number of nitrogens with zero attached hydrogens (tertiary/aromatic N) is 4. The quantitative estimate of drug-likeness (QED) is 0.720. The first-order valence-corrected chi connectivity index (χ1v) is 10.9. The zero-order valence-electron chi connectivity index (χ0n) is 14.5. The van der Waals surface area contributed by atoms with Crippen molar-refractivity contribution in [2.45, 2.75) is 4.90 Å². The van der Waals surface area contributed by atoms with Crippen molar-refractivity contribution in [3.63, 3.8) is 0 Å². The summed E-state index contributed by atoms with van der Waals surface area (Å²) in [4.78, 5) is 9.06. The first kappa shape index (κ1) is 17.9. The Kier molecular flexibility index (Phi) is 4.81. The molecule has 9 heteroatoms. The highest BCUT2D eigenvalue weighted by atomic mass is 32.2. The van der Waals surface area contributed by atoms with Crippen molar-refractivity contribution in [2.24, 2.45) is 5.14 Å². The average molecular weight is 402 g/mol. The van der Waals surface area contributed by atoms with Gasteiger partial charge in [-0.3, -0.25) is 0 Å². The molecule has 2 aromatic carbocycles. The Bertz CT molecular complexity index is 1030. The average Bonchev–Trinajstić information content (AvgIpc) is 3.18. The molecular formula is C18H19N5O2S2. The van der Waals surface area contributed by atoms with E-state index in [0.29, 0.717) is 18.8 Å². The Morgan fingerprint density at radius 3 is 2.22 bits per heavy atom. The van der Waals surface area contributed by atoms with E-state index in [9.17, 15) is 8.42 Å². The van der Waals surface area contributed by atoms with Crippen LogP contribution in [0, 0.1) is 0 Å². The first-order valence-electron chi connectivity index (χ1n) is 8.53. The molecule has 3 aromatic rings. The SMILES string of the molecule is NS(=O)(=O)c1ccccc1N1CCN(c2nc(-c3ccccc3)ns2)CC1. The van der Waals surface area contributed by atoms with E-state index in [1.54, 1.807) is 18.2 Å². The smallest absolute Gasteiger partial charge is 0.240 e. The number of hydrogen-bond donors (Lipinski definition) is 1. The summed E-state index contributed by atoms with van der Waals surface area (Å²) in [6.45, 7) is 2.85. The predicted octanol–water partition coefficient (Wildman–Crippen LogP) is 2.18. The zero-order valence-corrected chi connectivity index (χ0v) is 16.2. The molecule has 0 radical (unpaired) electrons. The monoisotopic (exact) mass is 401 g/mol. The summed E-state index contributed by atoms with van der Waals surface area (Å²) in [6, 6.07) is 16.8. The molecule has 0 saturated carbocycles. The number of anilines is 2. The van der Waals surface area contributed by atoms with Gasteiger partial charge in [0, 0.05) is 43.3 Å². The highest BCUT2D eigenvalue weighted by molar-refractivity contribution is 7.89. The van der Waals surface area contributed by atoms with Gasteiger partial charge in [-0.1, -0.05) is 42.5 Å². The van der Waals surface area contributed by atoms with Crippen LogP contribution in [0.1, 0.15) is 0 Å². The van der Waals surface area contributed by atoms with E-state index in [1.807, 2.05) is 36.4 Å². The minimum atomic E-state index is -3.75. The molecule has 140 valence electrons. The van der Waals surface area contributed by atoms with Gasteiger partial charge in [0.15, 0.2) is 5.82 Å². The van der Waals surface area contributed by atoms with Crippen LogP contribution < -0.4 is 14.9 Å². The predicted molar refractivity (Wildman–Crippen MR) is 108 cm³/mol. The fraction of sp³-hybridized carbons (Fsp3) is 0.222. The number of primary sulfonamides is 1. The summed E-state index contributed by atoms with van der Waals surface area (Å²) in [6.07, 6.45) is 0.